The fourth-order valence-corrected chi connectivity index (χ4v) is 2.28. The van der Waals surface area contributed by atoms with Crippen LogP contribution in [-0.2, 0) is 4.79 Å². The van der Waals surface area contributed by atoms with Crippen LogP contribution in [0.15, 0.2) is 36.5 Å². The highest BCUT2D eigenvalue weighted by molar-refractivity contribution is 7.98. The van der Waals surface area contributed by atoms with Crippen molar-refractivity contribution in [2.45, 2.75) is 12.5 Å². The topological polar surface area (TPSA) is 83.8 Å². The van der Waals surface area contributed by atoms with Gasteiger partial charge in [-0.2, -0.15) is 16.9 Å². The summed E-state index contributed by atoms with van der Waals surface area (Å²) in [6.07, 6.45) is 4.37. The number of nitrogens with two attached hydrogens (primary N) is 1. The van der Waals surface area contributed by atoms with Gasteiger partial charge in [-0.3, -0.25) is 9.89 Å². The van der Waals surface area contributed by atoms with Crippen LogP contribution < -0.4 is 11.1 Å². The van der Waals surface area contributed by atoms with Crippen molar-refractivity contribution in [2.24, 2.45) is 5.73 Å². The van der Waals surface area contributed by atoms with Crippen molar-refractivity contribution in [1.82, 2.24) is 10.2 Å². The van der Waals surface area contributed by atoms with Gasteiger partial charge >= 0.3 is 0 Å². The average Bonchev–Trinajstić information content (AvgIpc) is 2.99. The first kappa shape index (κ1) is 17.6. The zero-order chi connectivity index (χ0) is 14.4. The van der Waals surface area contributed by atoms with Gasteiger partial charge in [0.2, 0.25) is 5.91 Å². The molecule has 0 saturated heterocycles. The molecule has 4 N–H and O–H groups in total. The van der Waals surface area contributed by atoms with E-state index in [4.69, 9.17) is 5.73 Å². The molecular formula is C14H19ClN4OS. The summed E-state index contributed by atoms with van der Waals surface area (Å²) in [5, 5.41) is 9.66. The number of nitrogens with zero attached hydrogens (tertiary/aromatic N) is 1. The molecule has 0 saturated carbocycles. The van der Waals surface area contributed by atoms with Gasteiger partial charge in [0, 0.05) is 17.4 Å². The summed E-state index contributed by atoms with van der Waals surface area (Å²) in [5.74, 6) is 0.726. The summed E-state index contributed by atoms with van der Waals surface area (Å²) in [4.78, 5) is 12.0. The van der Waals surface area contributed by atoms with Gasteiger partial charge in [-0.05, 0) is 36.6 Å². The smallest absolute Gasteiger partial charge is 0.241 e. The van der Waals surface area contributed by atoms with Crippen LogP contribution in [0, 0.1) is 0 Å². The molecule has 0 radical (unpaired) electrons. The van der Waals surface area contributed by atoms with Gasteiger partial charge in [-0.15, -0.1) is 12.4 Å². The van der Waals surface area contributed by atoms with E-state index in [9.17, 15) is 4.79 Å². The number of H-pyrrole nitrogens is 1. The summed E-state index contributed by atoms with van der Waals surface area (Å²) in [7, 11) is 0. The van der Waals surface area contributed by atoms with E-state index in [1.165, 1.54) is 0 Å². The molecule has 1 atom stereocenters. The summed E-state index contributed by atoms with van der Waals surface area (Å²) in [5.41, 5.74) is 8.46. The van der Waals surface area contributed by atoms with Crippen molar-refractivity contribution >= 4 is 35.8 Å². The third-order valence-corrected chi connectivity index (χ3v) is 3.56. The van der Waals surface area contributed by atoms with Gasteiger partial charge < -0.3 is 11.1 Å². The van der Waals surface area contributed by atoms with E-state index < -0.39 is 6.04 Å². The van der Waals surface area contributed by atoms with Crippen molar-refractivity contribution < 1.29 is 4.79 Å². The number of halogens is 1. The van der Waals surface area contributed by atoms with Crippen LogP contribution in [0.4, 0.5) is 5.69 Å². The number of thioether (sulfide) groups is 1. The normalized spacial score (nSPS) is 11.5. The van der Waals surface area contributed by atoms with Gasteiger partial charge in [0.25, 0.3) is 0 Å². The molecule has 5 nitrogen and oxygen atoms in total. The second-order valence-electron chi connectivity index (χ2n) is 4.43. The first-order valence-electron chi connectivity index (χ1n) is 6.36. The second-order valence-corrected chi connectivity index (χ2v) is 5.41. The molecule has 0 aliphatic rings. The van der Waals surface area contributed by atoms with E-state index in [1.807, 2.05) is 36.6 Å². The van der Waals surface area contributed by atoms with Crippen molar-refractivity contribution in [2.75, 3.05) is 17.3 Å². The minimum Gasteiger partial charge on any atom is -0.325 e. The molecule has 0 aliphatic carbocycles. The molecule has 2 rings (SSSR count). The van der Waals surface area contributed by atoms with E-state index in [1.54, 1.807) is 18.0 Å². The summed E-state index contributed by atoms with van der Waals surface area (Å²) in [6.45, 7) is 0. The molecule has 0 bridgehead atoms. The Balaban J connectivity index is 0.00000220. The first-order valence-corrected chi connectivity index (χ1v) is 7.75. The molecule has 1 aromatic heterocycles. The van der Waals surface area contributed by atoms with E-state index in [-0.39, 0.29) is 18.3 Å². The second kappa shape index (κ2) is 8.71. The molecule has 0 spiro atoms. The zero-order valence-corrected chi connectivity index (χ0v) is 13.3. The van der Waals surface area contributed by atoms with E-state index in [0.29, 0.717) is 6.42 Å². The van der Waals surface area contributed by atoms with Gasteiger partial charge in [-0.25, -0.2) is 0 Å². The highest BCUT2D eigenvalue weighted by atomic mass is 35.5. The maximum absolute atomic E-state index is 12.0. The Morgan fingerprint density at radius 2 is 2.29 bits per heavy atom. The Bertz CT molecular complexity index is 562. The number of anilines is 1. The lowest BCUT2D eigenvalue weighted by molar-refractivity contribution is -0.117. The lowest BCUT2D eigenvalue weighted by Crippen LogP contribution is -2.36. The average molecular weight is 327 g/mol. The highest BCUT2D eigenvalue weighted by Gasteiger charge is 2.13. The minimum absolute atomic E-state index is 0. The number of nitrogens with one attached hydrogen (secondary N) is 2. The number of aromatic nitrogens is 2. The largest absolute Gasteiger partial charge is 0.325 e. The number of hydrogen-bond donors (Lipinski definition) is 3. The SMILES string of the molecule is CSCC[C@H](N)C(=O)Nc1cccc(-c2ccn[nH]2)c1.Cl. The van der Waals surface area contributed by atoms with Crippen LogP contribution in [0.2, 0.25) is 0 Å². The standard InChI is InChI=1S/C14H18N4OS.ClH/c1-20-8-6-12(15)14(19)17-11-4-2-3-10(9-11)13-5-7-16-18-13;/h2-5,7,9,12H,6,8,15H2,1H3,(H,16,18)(H,17,19);1H/t12-;/m0./s1. The molecule has 1 heterocycles. The van der Waals surface area contributed by atoms with Crippen LogP contribution in [0.3, 0.4) is 0 Å². The van der Waals surface area contributed by atoms with Gasteiger partial charge in [0.05, 0.1) is 11.7 Å². The van der Waals surface area contributed by atoms with Gasteiger partial charge in [-0.1, -0.05) is 12.1 Å². The van der Waals surface area contributed by atoms with Crippen LogP contribution in [-0.4, -0.2) is 34.2 Å². The predicted molar refractivity (Wildman–Crippen MR) is 90.9 cm³/mol. The molecule has 2 aromatic rings. The maximum Gasteiger partial charge on any atom is 0.241 e. The molecule has 114 valence electrons. The quantitative estimate of drug-likeness (QED) is 0.761. The Hall–Kier alpha value is -1.50. The van der Waals surface area contributed by atoms with Crippen LogP contribution in [0.25, 0.3) is 11.3 Å². The maximum atomic E-state index is 12.0. The van der Waals surface area contributed by atoms with E-state index >= 15 is 0 Å². The molecule has 1 aromatic carbocycles. The van der Waals surface area contributed by atoms with Crippen molar-refractivity contribution in [3.63, 3.8) is 0 Å². The van der Waals surface area contributed by atoms with Crippen molar-refractivity contribution in [1.29, 1.82) is 0 Å². The van der Waals surface area contributed by atoms with Crippen LogP contribution >= 0.6 is 24.2 Å². The van der Waals surface area contributed by atoms with Gasteiger partial charge in [0.15, 0.2) is 0 Å². The Morgan fingerprint density at radius 3 is 2.95 bits per heavy atom. The minimum atomic E-state index is -0.474. The number of aromatic amines is 1. The summed E-state index contributed by atoms with van der Waals surface area (Å²) >= 11 is 1.68. The molecule has 7 heteroatoms. The lowest BCUT2D eigenvalue weighted by Gasteiger charge is -2.12. The molecular weight excluding hydrogens is 308 g/mol. The fourth-order valence-electron chi connectivity index (χ4n) is 1.79. The first-order chi connectivity index (χ1) is 9.70. The number of carbonyl (C=O) groups excluding carboxylic acids is 1. The van der Waals surface area contributed by atoms with E-state index in [2.05, 4.69) is 15.5 Å². The Labute approximate surface area is 134 Å². The van der Waals surface area contributed by atoms with Gasteiger partial charge in [0.1, 0.15) is 0 Å². The highest BCUT2D eigenvalue weighted by Crippen LogP contribution is 2.20. The molecule has 21 heavy (non-hydrogen) atoms. The number of carbonyl (C=O) groups is 1. The molecule has 0 aliphatic heterocycles. The number of benzene rings is 1. The third kappa shape index (κ3) is 5.08. The molecule has 0 fully saturated rings. The predicted octanol–water partition coefficient (Wildman–Crippen LogP) is 2.52. The molecule has 1 amide bonds. The monoisotopic (exact) mass is 326 g/mol. The Morgan fingerprint density at radius 1 is 1.48 bits per heavy atom. The number of amides is 1. The van der Waals surface area contributed by atoms with Crippen LogP contribution in [0.5, 0.6) is 0 Å². The third-order valence-electron chi connectivity index (χ3n) is 2.91. The Kier molecular flexibility index (Phi) is 7.28. The van der Waals surface area contributed by atoms with E-state index in [0.717, 1.165) is 22.7 Å². The fraction of sp³-hybridized carbons (Fsp3) is 0.286. The van der Waals surface area contributed by atoms with Crippen molar-refractivity contribution in [3.05, 3.63) is 36.5 Å². The zero-order valence-electron chi connectivity index (χ0n) is 11.7. The molecule has 0 unspecified atom stereocenters. The van der Waals surface area contributed by atoms with Crippen molar-refractivity contribution in [3.8, 4) is 11.3 Å². The summed E-state index contributed by atoms with van der Waals surface area (Å²) in [6, 6.07) is 8.99. The number of hydrogen-bond acceptors (Lipinski definition) is 4. The van der Waals surface area contributed by atoms with Crippen LogP contribution in [0.1, 0.15) is 6.42 Å². The lowest BCUT2D eigenvalue weighted by atomic mass is 10.1. The number of rotatable bonds is 6. The summed E-state index contributed by atoms with van der Waals surface area (Å²) < 4.78 is 0.